The van der Waals surface area contributed by atoms with E-state index in [-0.39, 0.29) is 4.87 Å². The monoisotopic (exact) mass is 192 g/mol. The molecule has 1 aliphatic rings. The molecule has 0 unspecified atom stereocenters. The average molecular weight is 193 g/mol. The fraction of sp³-hybridized carbons (Fsp3) is 0.333. The molecule has 0 heterocycles. The van der Waals surface area contributed by atoms with Crippen molar-refractivity contribution in [3.8, 4) is 0 Å². The van der Waals surface area contributed by atoms with Crippen molar-refractivity contribution in [2.24, 2.45) is 5.92 Å². The van der Waals surface area contributed by atoms with Crippen LogP contribution >= 0.6 is 11.6 Å². The molecule has 0 radical (unpaired) electrons. The maximum absolute atomic E-state index is 6.46. The molecule has 1 aliphatic carbocycles. The third kappa shape index (κ3) is 1.40. The summed E-state index contributed by atoms with van der Waals surface area (Å²) in [4.78, 5) is -0.274. The van der Waals surface area contributed by atoms with E-state index >= 15 is 0 Å². The van der Waals surface area contributed by atoms with E-state index in [1.807, 2.05) is 12.1 Å². The lowest BCUT2D eigenvalue weighted by Gasteiger charge is -2.21. The molecule has 1 heteroatoms. The van der Waals surface area contributed by atoms with E-state index in [1.54, 1.807) is 0 Å². The summed E-state index contributed by atoms with van der Waals surface area (Å²) in [6.45, 7) is 4.29. The lowest BCUT2D eigenvalue weighted by Crippen LogP contribution is -2.20. The van der Waals surface area contributed by atoms with Gasteiger partial charge in [-0.2, -0.15) is 0 Å². The van der Waals surface area contributed by atoms with Gasteiger partial charge in [0.25, 0.3) is 0 Å². The number of benzene rings is 1. The van der Waals surface area contributed by atoms with E-state index in [9.17, 15) is 0 Å². The van der Waals surface area contributed by atoms with Crippen molar-refractivity contribution >= 4 is 23.8 Å². The minimum atomic E-state index is -0.274. The summed E-state index contributed by atoms with van der Waals surface area (Å²) in [5, 5.41) is 2.51. The Morgan fingerprint density at radius 3 is 1.92 bits per heavy atom. The highest BCUT2D eigenvalue weighted by atomic mass is 35.5. The predicted molar refractivity (Wildman–Crippen MR) is 58.0 cm³/mol. The molecule has 0 atom stereocenters. The molecule has 0 amide bonds. The SMILES string of the molecule is CC(C)C1(Cl)C=c2ccccc2=C1. The van der Waals surface area contributed by atoms with Gasteiger partial charge in [-0.15, -0.1) is 11.6 Å². The summed E-state index contributed by atoms with van der Waals surface area (Å²) >= 11 is 6.46. The highest BCUT2D eigenvalue weighted by Gasteiger charge is 2.28. The first kappa shape index (κ1) is 8.83. The first-order valence-corrected chi connectivity index (χ1v) is 4.99. The van der Waals surface area contributed by atoms with Gasteiger partial charge in [0.05, 0.1) is 4.87 Å². The topological polar surface area (TPSA) is 0 Å². The zero-order chi connectivity index (χ0) is 9.47. The van der Waals surface area contributed by atoms with Crippen LogP contribution in [0.15, 0.2) is 24.3 Å². The Hall–Kier alpha value is -0.750. The largest absolute Gasteiger partial charge is 0.110 e. The predicted octanol–water partition coefficient (Wildman–Crippen LogP) is 1.89. The zero-order valence-electron chi connectivity index (χ0n) is 7.92. The second-order valence-corrected chi connectivity index (χ2v) is 4.55. The summed E-state index contributed by atoms with van der Waals surface area (Å²) in [6.07, 6.45) is 4.29. The highest BCUT2D eigenvalue weighted by molar-refractivity contribution is 6.32. The molecule has 0 fully saturated rings. The van der Waals surface area contributed by atoms with Gasteiger partial charge < -0.3 is 0 Å². The van der Waals surface area contributed by atoms with E-state index in [0.717, 1.165) is 0 Å². The number of alkyl halides is 1. The molecule has 0 N–H and O–H groups in total. The van der Waals surface area contributed by atoms with Crippen molar-refractivity contribution in [2.75, 3.05) is 0 Å². The van der Waals surface area contributed by atoms with Gasteiger partial charge >= 0.3 is 0 Å². The van der Waals surface area contributed by atoms with Crippen molar-refractivity contribution < 1.29 is 0 Å². The molecule has 2 rings (SSSR count). The molecule has 1 aromatic carbocycles. The minimum absolute atomic E-state index is 0.274. The van der Waals surface area contributed by atoms with Crippen LogP contribution in [0.1, 0.15) is 13.8 Å². The van der Waals surface area contributed by atoms with Crippen LogP contribution in [-0.2, 0) is 0 Å². The van der Waals surface area contributed by atoms with Gasteiger partial charge in [0.15, 0.2) is 0 Å². The Balaban J connectivity index is 2.63. The lowest BCUT2D eigenvalue weighted by atomic mass is 9.96. The molecule has 0 nitrogen and oxygen atoms in total. The Morgan fingerprint density at radius 2 is 1.54 bits per heavy atom. The second-order valence-electron chi connectivity index (χ2n) is 3.90. The Bertz CT molecular complexity index is 394. The summed E-state index contributed by atoms with van der Waals surface area (Å²) < 4.78 is 0. The molecule has 0 spiro atoms. The number of rotatable bonds is 1. The molecule has 68 valence electrons. The van der Waals surface area contributed by atoms with E-state index in [1.165, 1.54) is 10.4 Å². The van der Waals surface area contributed by atoms with Crippen molar-refractivity contribution in [3.05, 3.63) is 34.7 Å². The van der Waals surface area contributed by atoms with Gasteiger partial charge in [-0.3, -0.25) is 0 Å². The molecule has 13 heavy (non-hydrogen) atoms. The first-order valence-electron chi connectivity index (χ1n) is 4.61. The Morgan fingerprint density at radius 1 is 1.08 bits per heavy atom. The summed E-state index contributed by atoms with van der Waals surface area (Å²) in [6, 6.07) is 8.31. The number of fused-ring (bicyclic) bond motifs is 1. The lowest BCUT2D eigenvalue weighted by molar-refractivity contribution is 0.626. The zero-order valence-corrected chi connectivity index (χ0v) is 8.68. The van der Waals surface area contributed by atoms with Crippen LogP contribution in [0, 0.1) is 5.92 Å². The van der Waals surface area contributed by atoms with Crippen LogP contribution in [0.2, 0.25) is 0 Å². The molecule has 0 saturated heterocycles. The highest BCUT2D eigenvalue weighted by Crippen LogP contribution is 2.30. The summed E-state index contributed by atoms with van der Waals surface area (Å²) in [7, 11) is 0. The Labute approximate surface area is 83.5 Å². The maximum atomic E-state index is 6.46. The van der Waals surface area contributed by atoms with Crippen molar-refractivity contribution in [2.45, 2.75) is 18.7 Å². The Kier molecular flexibility index (Phi) is 1.96. The van der Waals surface area contributed by atoms with Gasteiger partial charge in [-0.1, -0.05) is 50.3 Å². The molecular weight excluding hydrogens is 180 g/mol. The molecule has 0 aromatic heterocycles. The number of halogens is 1. The second kappa shape index (κ2) is 2.88. The van der Waals surface area contributed by atoms with E-state index in [4.69, 9.17) is 11.6 Å². The quantitative estimate of drug-likeness (QED) is 0.597. The summed E-state index contributed by atoms with van der Waals surface area (Å²) in [5.41, 5.74) is 0. The normalized spacial score (nSPS) is 17.8. The van der Waals surface area contributed by atoms with Gasteiger partial charge in [0, 0.05) is 0 Å². The van der Waals surface area contributed by atoms with Crippen LogP contribution in [0.5, 0.6) is 0 Å². The van der Waals surface area contributed by atoms with Crippen LogP contribution in [0.3, 0.4) is 0 Å². The van der Waals surface area contributed by atoms with Gasteiger partial charge in [0.2, 0.25) is 0 Å². The third-order valence-electron chi connectivity index (χ3n) is 2.63. The standard InChI is InChI=1S/C12H13Cl/c1-9(2)12(13)7-10-5-3-4-6-11(10)8-12/h3-9H,1-2H3. The van der Waals surface area contributed by atoms with Crippen LogP contribution in [-0.4, -0.2) is 4.87 Å². The maximum Gasteiger partial charge on any atom is 0.0846 e. The smallest absolute Gasteiger partial charge is 0.0846 e. The molecular formula is C12H13Cl. The third-order valence-corrected chi connectivity index (χ3v) is 3.29. The average Bonchev–Trinajstić information content (AvgIpc) is 2.42. The van der Waals surface area contributed by atoms with Crippen LogP contribution < -0.4 is 10.4 Å². The number of hydrogen-bond donors (Lipinski definition) is 0. The van der Waals surface area contributed by atoms with Crippen molar-refractivity contribution in [1.29, 1.82) is 0 Å². The first-order chi connectivity index (χ1) is 6.12. The van der Waals surface area contributed by atoms with E-state index in [2.05, 4.69) is 38.1 Å². The summed E-state index contributed by atoms with van der Waals surface area (Å²) in [5.74, 6) is 0.432. The van der Waals surface area contributed by atoms with Crippen LogP contribution in [0.25, 0.3) is 12.2 Å². The molecule has 0 bridgehead atoms. The van der Waals surface area contributed by atoms with E-state index in [0.29, 0.717) is 5.92 Å². The van der Waals surface area contributed by atoms with E-state index < -0.39 is 0 Å². The molecule has 1 aromatic rings. The fourth-order valence-corrected chi connectivity index (χ4v) is 1.86. The number of hydrogen-bond acceptors (Lipinski definition) is 0. The van der Waals surface area contributed by atoms with Gasteiger partial charge in [-0.05, 0) is 16.4 Å². The molecule has 0 saturated carbocycles. The van der Waals surface area contributed by atoms with Crippen molar-refractivity contribution in [3.63, 3.8) is 0 Å². The van der Waals surface area contributed by atoms with Crippen LogP contribution in [0.4, 0.5) is 0 Å². The minimum Gasteiger partial charge on any atom is -0.110 e. The fourth-order valence-electron chi connectivity index (χ4n) is 1.63. The molecule has 0 aliphatic heterocycles. The van der Waals surface area contributed by atoms with Gasteiger partial charge in [-0.25, -0.2) is 0 Å². The van der Waals surface area contributed by atoms with Crippen molar-refractivity contribution in [1.82, 2.24) is 0 Å². The van der Waals surface area contributed by atoms with Gasteiger partial charge in [0.1, 0.15) is 0 Å².